The van der Waals surface area contributed by atoms with Crippen molar-refractivity contribution in [1.82, 2.24) is 24.6 Å². The maximum absolute atomic E-state index is 14.6. The fourth-order valence-electron chi connectivity index (χ4n) is 5.40. The summed E-state index contributed by atoms with van der Waals surface area (Å²) >= 11 is 0. The van der Waals surface area contributed by atoms with Crippen LogP contribution < -0.4 is 10.1 Å². The lowest BCUT2D eigenvalue weighted by Gasteiger charge is -2.24. The summed E-state index contributed by atoms with van der Waals surface area (Å²) in [5, 5.41) is 11.1. The fraction of sp³-hybridized carbons (Fsp3) is 0.212. The Kier molecular flexibility index (Phi) is 8.09. The number of pyridine rings is 1. The van der Waals surface area contributed by atoms with Gasteiger partial charge >= 0.3 is 0 Å². The van der Waals surface area contributed by atoms with E-state index in [4.69, 9.17) is 4.74 Å². The van der Waals surface area contributed by atoms with Crippen LogP contribution in [0.4, 0.5) is 10.2 Å². The van der Waals surface area contributed by atoms with E-state index in [1.165, 1.54) is 11.8 Å². The number of halogens is 1. The molecular weight excluding hydrogens is 563 g/mol. The number of ketones is 1. The van der Waals surface area contributed by atoms with Crippen LogP contribution in [0.25, 0.3) is 22.0 Å². The van der Waals surface area contributed by atoms with Crippen molar-refractivity contribution in [3.05, 3.63) is 103 Å². The molecule has 5 aromatic rings. The Hall–Kier alpha value is -5.45. The van der Waals surface area contributed by atoms with E-state index in [0.29, 0.717) is 29.0 Å². The first-order valence-corrected chi connectivity index (χ1v) is 14.1. The van der Waals surface area contributed by atoms with Crippen LogP contribution in [0.2, 0.25) is 0 Å². The van der Waals surface area contributed by atoms with Crippen molar-refractivity contribution in [3.63, 3.8) is 0 Å². The zero-order valence-electron chi connectivity index (χ0n) is 23.9. The maximum atomic E-state index is 14.6. The molecule has 0 bridgehead atoms. The van der Waals surface area contributed by atoms with Crippen LogP contribution in [0.15, 0.2) is 91.4 Å². The molecule has 2 aromatic carbocycles. The highest BCUT2D eigenvalue weighted by molar-refractivity contribution is 6.08. The largest absolute Gasteiger partial charge is 0.473 e. The van der Waals surface area contributed by atoms with Crippen molar-refractivity contribution < 1.29 is 23.5 Å². The van der Waals surface area contributed by atoms with E-state index < -0.39 is 24.0 Å². The van der Waals surface area contributed by atoms with Gasteiger partial charge in [0.15, 0.2) is 5.78 Å². The molecule has 1 saturated heterocycles. The van der Waals surface area contributed by atoms with Crippen molar-refractivity contribution in [2.24, 2.45) is 0 Å². The van der Waals surface area contributed by atoms with E-state index in [-0.39, 0.29) is 31.1 Å². The molecule has 0 unspecified atom stereocenters. The molecular formula is C33H29FN6O4. The van der Waals surface area contributed by atoms with E-state index in [1.807, 2.05) is 54.6 Å². The highest BCUT2D eigenvalue weighted by Crippen LogP contribution is 2.29. The molecule has 10 nitrogen and oxygen atoms in total. The second-order valence-electron chi connectivity index (χ2n) is 10.6. The Bertz CT molecular complexity index is 1830. The first kappa shape index (κ1) is 28.7. The second-order valence-corrected chi connectivity index (χ2v) is 10.6. The van der Waals surface area contributed by atoms with Gasteiger partial charge in [0.05, 0.1) is 18.9 Å². The van der Waals surface area contributed by atoms with Crippen LogP contribution >= 0.6 is 0 Å². The average Bonchev–Trinajstić information content (AvgIpc) is 3.61. The molecule has 4 heterocycles. The lowest BCUT2D eigenvalue weighted by molar-refractivity contribution is -0.137. The van der Waals surface area contributed by atoms with Crippen molar-refractivity contribution in [1.29, 1.82) is 0 Å². The summed E-state index contributed by atoms with van der Waals surface area (Å²) in [6, 6.07) is 20.9. The average molecular weight is 593 g/mol. The number of ether oxygens (including phenoxy) is 1. The third kappa shape index (κ3) is 6.17. The summed E-state index contributed by atoms with van der Waals surface area (Å²) in [6.45, 7) is 1.40. The molecule has 3 aromatic heterocycles. The summed E-state index contributed by atoms with van der Waals surface area (Å²) < 4.78 is 22.1. The van der Waals surface area contributed by atoms with Gasteiger partial charge in [0.1, 0.15) is 31.2 Å². The van der Waals surface area contributed by atoms with Crippen molar-refractivity contribution in [3.8, 4) is 17.0 Å². The minimum Gasteiger partial charge on any atom is -0.473 e. The number of amides is 2. The zero-order chi connectivity index (χ0) is 30.6. The van der Waals surface area contributed by atoms with Crippen LogP contribution in [0, 0.1) is 0 Å². The number of anilines is 1. The Morgan fingerprint density at radius 1 is 1.00 bits per heavy atom. The van der Waals surface area contributed by atoms with Gasteiger partial charge in [0.25, 0.3) is 0 Å². The summed E-state index contributed by atoms with van der Waals surface area (Å²) in [5.41, 5.74) is 3.77. The van der Waals surface area contributed by atoms with E-state index in [0.717, 1.165) is 16.7 Å². The van der Waals surface area contributed by atoms with Crippen molar-refractivity contribution in [2.75, 3.05) is 11.9 Å². The molecule has 44 heavy (non-hydrogen) atoms. The number of carbonyl (C=O) groups excluding carboxylic acids is 3. The Balaban J connectivity index is 1.17. The van der Waals surface area contributed by atoms with Crippen LogP contribution in [0.3, 0.4) is 0 Å². The molecule has 1 fully saturated rings. The fourth-order valence-corrected chi connectivity index (χ4v) is 5.40. The maximum Gasteiger partial charge on any atom is 0.248 e. The number of fused-ring (bicyclic) bond motifs is 1. The van der Waals surface area contributed by atoms with Gasteiger partial charge in [-0.05, 0) is 42.3 Å². The predicted octanol–water partition coefficient (Wildman–Crippen LogP) is 4.85. The van der Waals surface area contributed by atoms with Gasteiger partial charge in [0, 0.05) is 40.7 Å². The molecule has 222 valence electrons. The molecule has 11 heteroatoms. The first-order valence-electron chi connectivity index (χ1n) is 14.1. The number of nitrogens with one attached hydrogen (secondary N) is 1. The topological polar surface area (TPSA) is 119 Å². The van der Waals surface area contributed by atoms with Crippen molar-refractivity contribution in [2.45, 2.75) is 38.7 Å². The normalized spacial score (nSPS) is 16.2. The third-order valence-corrected chi connectivity index (χ3v) is 7.56. The quantitative estimate of drug-likeness (QED) is 0.243. The van der Waals surface area contributed by atoms with Gasteiger partial charge in [-0.1, -0.05) is 42.5 Å². The molecule has 1 aliphatic rings. The van der Waals surface area contributed by atoms with Gasteiger partial charge in [-0.15, -0.1) is 0 Å². The minimum atomic E-state index is -1.35. The van der Waals surface area contributed by atoms with Crippen LogP contribution in [0.1, 0.15) is 29.3 Å². The molecule has 1 aliphatic heterocycles. The Morgan fingerprint density at radius 2 is 1.84 bits per heavy atom. The summed E-state index contributed by atoms with van der Waals surface area (Å²) in [4.78, 5) is 44.9. The number of likely N-dealkylation sites (tertiary alicyclic amines) is 1. The molecule has 0 spiro atoms. The zero-order valence-corrected chi connectivity index (χ0v) is 23.9. The monoisotopic (exact) mass is 592 g/mol. The van der Waals surface area contributed by atoms with Crippen molar-refractivity contribution >= 4 is 34.3 Å². The molecule has 0 saturated carbocycles. The van der Waals surface area contributed by atoms with Crippen LogP contribution in [0.5, 0.6) is 5.88 Å². The van der Waals surface area contributed by atoms with Gasteiger partial charge in [0.2, 0.25) is 17.7 Å². The number of alkyl halides is 1. The van der Waals surface area contributed by atoms with Crippen LogP contribution in [-0.4, -0.2) is 61.0 Å². The highest BCUT2D eigenvalue weighted by Gasteiger charge is 2.40. The van der Waals surface area contributed by atoms with E-state index in [9.17, 15) is 18.8 Å². The number of Topliss-reactive ketones (excluding diaryl/α,β-unsaturated/α-hetero) is 1. The lowest BCUT2D eigenvalue weighted by Crippen LogP contribution is -2.44. The number of benzene rings is 2. The molecule has 0 aliphatic carbocycles. The first-order chi connectivity index (χ1) is 21.4. The molecule has 6 rings (SSSR count). The minimum absolute atomic E-state index is 0.129. The third-order valence-electron chi connectivity index (χ3n) is 7.56. The summed E-state index contributed by atoms with van der Waals surface area (Å²) in [7, 11) is 0. The Morgan fingerprint density at radius 3 is 2.61 bits per heavy atom. The molecule has 0 radical (unpaired) electrons. The van der Waals surface area contributed by atoms with E-state index in [1.54, 1.807) is 41.4 Å². The number of carbonyl (C=O) groups is 3. The smallest absolute Gasteiger partial charge is 0.248 e. The Labute approximate surface area is 252 Å². The number of aromatic nitrogens is 4. The van der Waals surface area contributed by atoms with Gasteiger partial charge < -0.3 is 19.5 Å². The summed E-state index contributed by atoms with van der Waals surface area (Å²) in [5.74, 6) is -0.580. The number of hydrogen-bond acceptors (Lipinski definition) is 7. The SMILES string of the molecule is CC(=O)c1cn(CC(=O)N2C[C@H](F)C[C@H]2C(=O)Nc2cccc(OCc3ccccc3)n2)c2ccc(-c3ccnnc3)cc12. The van der Waals surface area contributed by atoms with Gasteiger partial charge in [-0.2, -0.15) is 15.2 Å². The highest BCUT2D eigenvalue weighted by atomic mass is 19.1. The van der Waals surface area contributed by atoms with Gasteiger partial charge in [-0.25, -0.2) is 4.39 Å². The molecule has 2 amide bonds. The number of hydrogen-bond donors (Lipinski definition) is 1. The van der Waals surface area contributed by atoms with Gasteiger partial charge in [-0.3, -0.25) is 14.4 Å². The standard InChI is InChI=1S/C33H29FN6O4/c1-21(41)27-18-39(28-11-10-23(14-26(27)28)24-12-13-35-36-16-24)19-32(42)40-17-25(34)15-29(40)33(43)38-30-8-5-9-31(37-30)44-20-22-6-3-2-4-7-22/h2-14,16,18,25,29H,15,17,19-20H2,1H3,(H,37,38,43)/t25-,29+/m1/s1. The van der Waals surface area contributed by atoms with E-state index in [2.05, 4.69) is 20.5 Å². The predicted molar refractivity (Wildman–Crippen MR) is 162 cm³/mol. The van der Waals surface area contributed by atoms with E-state index >= 15 is 0 Å². The molecule has 1 N–H and O–H groups in total. The second kappa shape index (κ2) is 12.4. The van der Waals surface area contributed by atoms with Crippen LogP contribution in [-0.2, 0) is 22.7 Å². The lowest BCUT2D eigenvalue weighted by atomic mass is 10.0. The number of rotatable bonds is 9. The molecule has 2 atom stereocenters. The summed E-state index contributed by atoms with van der Waals surface area (Å²) in [6.07, 6.45) is 3.36. The number of nitrogens with zero attached hydrogens (tertiary/aromatic N) is 5.